The molecule has 1 fully saturated rings. The van der Waals surface area contributed by atoms with Crippen molar-refractivity contribution in [1.29, 1.82) is 0 Å². The van der Waals surface area contributed by atoms with Gasteiger partial charge in [-0.2, -0.15) is 0 Å². The maximum Gasteiger partial charge on any atom is 0.302 e. The lowest BCUT2D eigenvalue weighted by atomic mass is 9.87. The minimum Gasteiger partial charge on any atom is -0.466 e. The van der Waals surface area contributed by atoms with Crippen molar-refractivity contribution in [3.63, 3.8) is 0 Å². The van der Waals surface area contributed by atoms with Crippen LogP contribution >= 0.6 is 24.0 Å². The molecule has 4 rings (SSSR count). The van der Waals surface area contributed by atoms with E-state index in [0.29, 0.717) is 50.2 Å². The molecule has 1 saturated heterocycles. The number of aliphatic hydroxyl groups is 1. The molecular weight excluding hydrogens is 527 g/mol. The average Bonchev–Trinajstić information content (AvgIpc) is 3.07. The number of hydrogen-bond acceptors (Lipinski definition) is 8. The van der Waals surface area contributed by atoms with E-state index in [0.717, 1.165) is 12.1 Å². The first kappa shape index (κ1) is 27.5. The normalized spacial score (nSPS) is 18.0. The summed E-state index contributed by atoms with van der Waals surface area (Å²) in [5.41, 5.74) is -0.460. The van der Waals surface area contributed by atoms with Crippen LogP contribution in [0.1, 0.15) is 43.9 Å². The maximum atomic E-state index is 14.6. The summed E-state index contributed by atoms with van der Waals surface area (Å²) in [6.07, 6.45) is 1.74. The molecule has 0 aliphatic carbocycles. The molecule has 0 radical (unpaired) electrons. The molecule has 2 aromatic rings. The van der Waals surface area contributed by atoms with Crippen molar-refractivity contribution >= 4 is 45.6 Å². The van der Waals surface area contributed by atoms with Crippen molar-refractivity contribution in [2.75, 3.05) is 24.6 Å². The lowest BCUT2D eigenvalue weighted by molar-refractivity contribution is -0.141. The highest BCUT2D eigenvalue weighted by Crippen LogP contribution is 2.37. The van der Waals surface area contributed by atoms with Gasteiger partial charge in [-0.05, 0) is 37.8 Å². The number of nitrogens with zero attached hydrogens (tertiary/aromatic N) is 3. The highest BCUT2D eigenvalue weighted by molar-refractivity contribution is 7.90. The summed E-state index contributed by atoms with van der Waals surface area (Å²) in [6, 6.07) is 1.72. The number of carbonyl (C=O) groups is 1. The van der Waals surface area contributed by atoms with Crippen LogP contribution in [0.15, 0.2) is 12.1 Å². The molecule has 0 spiro atoms. The van der Waals surface area contributed by atoms with E-state index in [4.69, 9.17) is 16.3 Å². The number of anilines is 1. The van der Waals surface area contributed by atoms with E-state index >= 15 is 0 Å². The summed E-state index contributed by atoms with van der Waals surface area (Å²) < 4.78 is 58.2. The molecule has 2 aliphatic heterocycles. The summed E-state index contributed by atoms with van der Waals surface area (Å²) in [6.45, 7) is 2.31. The van der Waals surface area contributed by atoms with Crippen molar-refractivity contribution in [2.24, 2.45) is 0 Å². The van der Waals surface area contributed by atoms with Crippen molar-refractivity contribution in [1.82, 2.24) is 9.97 Å². The second-order valence-electron chi connectivity index (χ2n) is 8.73. The van der Waals surface area contributed by atoms with E-state index in [9.17, 15) is 27.1 Å². The standard InChI is InChI=1S/C22H24ClF2N3O5S.ClH/c1-13(29)33-8-2-3-22(30)4-6-28(7-5-22)21-15-11-34(31,32)12-19(15)26-20(27-21)14-9-18(25)16(23)10-17(14)24;/h9-10,30H,2-8,11-12H2,1H3;1H. The van der Waals surface area contributed by atoms with Crippen LogP contribution in [0.4, 0.5) is 14.6 Å². The van der Waals surface area contributed by atoms with E-state index in [1.54, 1.807) is 0 Å². The van der Waals surface area contributed by atoms with Crippen LogP contribution in [-0.2, 0) is 30.9 Å². The Kier molecular flexibility index (Phi) is 8.25. The van der Waals surface area contributed by atoms with E-state index in [2.05, 4.69) is 9.97 Å². The topological polar surface area (TPSA) is 110 Å². The minimum absolute atomic E-state index is 0. The van der Waals surface area contributed by atoms with Gasteiger partial charge in [-0.3, -0.25) is 4.79 Å². The Labute approximate surface area is 213 Å². The zero-order valence-electron chi connectivity index (χ0n) is 18.9. The van der Waals surface area contributed by atoms with Crippen LogP contribution < -0.4 is 4.90 Å². The molecule has 35 heavy (non-hydrogen) atoms. The molecule has 0 unspecified atom stereocenters. The second-order valence-corrected chi connectivity index (χ2v) is 11.2. The summed E-state index contributed by atoms with van der Waals surface area (Å²) in [5.74, 6) is -2.36. The molecule has 1 aromatic heterocycles. The molecule has 192 valence electrons. The summed E-state index contributed by atoms with van der Waals surface area (Å²) >= 11 is 5.65. The Hall–Kier alpha value is -2.08. The molecule has 8 nitrogen and oxygen atoms in total. The number of ether oxygens (including phenoxy) is 1. The van der Waals surface area contributed by atoms with Crippen molar-refractivity contribution in [2.45, 2.75) is 49.7 Å². The van der Waals surface area contributed by atoms with Crippen LogP contribution in [0.3, 0.4) is 0 Å². The number of esters is 1. The number of aromatic nitrogens is 2. The maximum absolute atomic E-state index is 14.6. The smallest absolute Gasteiger partial charge is 0.302 e. The Morgan fingerprint density at radius 1 is 1.20 bits per heavy atom. The van der Waals surface area contributed by atoms with Crippen LogP contribution in [0, 0.1) is 11.6 Å². The number of piperidine rings is 1. The van der Waals surface area contributed by atoms with Crippen LogP contribution in [0.25, 0.3) is 11.4 Å². The molecular formula is C22H25Cl2F2N3O5S. The Bertz CT molecular complexity index is 1240. The molecule has 0 atom stereocenters. The zero-order chi connectivity index (χ0) is 24.7. The summed E-state index contributed by atoms with van der Waals surface area (Å²) in [7, 11) is -3.44. The van der Waals surface area contributed by atoms with E-state index in [-0.39, 0.29) is 58.6 Å². The molecule has 3 heterocycles. The fourth-order valence-corrected chi connectivity index (χ4v) is 5.98. The highest BCUT2D eigenvalue weighted by atomic mass is 35.5. The largest absolute Gasteiger partial charge is 0.466 e. The van der Waals surface area contributed by atoms with Gasteiger partial charge in [0.25, 0.3) is 0 Å². The molecule has 0 bridgehead atoms. The number of benzene rings is 1. The van der Waals surface area contributed by atoms with Gasteiger partial charge in [-0.25, -0.2) is 27.2 Å². The minimum atomic E-state index is -3.44. The van der Waals surface area contributed by atoms with E-state index in [1.165, 1.54) is 6.92 Å². The number of carbonyl (C=O) groups excluding carboxylic acids is 1. The Morgan fingerprint density at radius 3 is 2.54 bits per heavy atom. The molecule has 2 aliphatic rings. The number of fused-ring (bicyclic) bond motifs is 1. The Morgan fingerprint density at radius 2 is 1.89 bits per heavy atom. The lowest BCUT2D eigenvalue weighted by Gasteiger charge is -2.39. The third-order valence-corrected chi connectivity index (χ3v) is 7.86. The van der Waals surface area contributed by atoms with Gasteiger partial charge in [0, 0.05) is 25.6 Å². The van der Waals surface area contributed by atoms with Gasteiger partial charge in [0.2, 0.25) is 0 Å². The molecule has 1 N–H and O–H groups in total. The SMILES string of the molecule is CC(=O)OCCCC1(O)CCN(c2nc(-c3cc(F)c(Cl)cc3F)nc3c2CS(=O)(=O)C3)CC1.Cl. The molecule has 0 saturated carbocycles. The van der Waals surface area contributed by atoms with E-state index < -0.39 is 27.1 Å². The fraction of sp³-hybridized carbons (Fsp3) is 0.500. The summed E-state index contributed by atoms with van der Waals surface area (Å²) in [5, 5.41) is 10.5. The van der Waals surface area contributed by atoms with Crippen molar-refractivity contribution < 1.29 is 31.8 Å². The fourth-order valence-electron chi connectivity index (χ4n) is 4.34. The van der Waals surface area contributed by atoms with Gasteiger partial charge in [0.15, 0.2) is 15.7 Å². The first-order valence-electron chi connectivity index (χ1n) is 10.8. The van der Waals surface area contributed by atoms with Gasteiger partial charge in [-0.1, -0.05) is 11.6 Å². The van der Waals surface area contributed by atoms with Crippen molar-refractivity contribution in [3.05, 3.63) is 40.0 Å². The number of hydrogen-bond donors (Lipinski definition) is 1. The molecule has 0 amide bonds. The predicted octanol–water partition coefficient (Wildman–Crippen LogP) is 3.60. The molecule has 13 heteroatoms. The van der Waals surface area contributed by atoms with Gasteiger partial charge in [0.05, 0.1) is 40.0 Å². The van der Waals surface area contributed by atoms with Crippen LogP contribution in [0.5, 0.6) is 0 Å². The second kappa shape index (κ2) is 10.5. The first-order valence-corrected chi connectivity index (χ1v) is 13.0. The predicted molar refractivity (Wildman–Crippen MR) is 128 cm³/mol. The third-order valence-electron chi connectivity index (χ3n) is 6.13. The monoisotopic (exact) mass is 551 g/mol. The van der Waals surface area contributed by atoms with Gasteiger partial charge < -0.3 is 14.7 Å². The molecule has 1 aromatic carbocycles. The number of rotatable bonds is 6. The number of halogens is 4. The summed E-state index contributed by atoms with van der Waals surface area (Å²) in [4.78, 5) is 21.4. The third kappa shape index (κ3) is 6.19. The van der Waals surface area contributed by atoms with Gasteiger partial charge in [-0.15, -0.1) is 12.4 Å². The van der Waals surface area contributed by atoms with Crippen LogP contribution in [0.2, 0.25) is 5.02 Å². The number of sulfone groups is 1. The van der Waals surface area contributed by atoms with Crippen LogP contribution in [-0.4, -0.2) is 54.8 Å². The van der Waals surface area contributed by atoms with Gasteiger partial charge in [0.1, 0.15) is 17.5 Å². The lowest BCUT2D eigenvalue weighted by Crippen LogP contribution is -2.45. The average molecular weight is 552 g/mol. The highest BCUT2D eigenvalue weighted by Gasteiger charge is 2.37. The Balaban J connectivity index is 0.00000342. The quantitative estimate of drug-likeness (QED) is 0.329. The van der Waals surface area contributed by atoms with Gasteiger partial charge >= 0.3 is 5.97 Å². The van der Waals surface area contributed by atoms with E-state index in [1.807, 2.05) is 4.90 Å². The zero-order valence-corrected chi connectivity index (χ0v) is 21.3. The van der Waals surface area contributed by atoms with Crippen molar-refractivity contribution in [3.8, 4) is 11.4 Å². The first-order chi connectivity index (χ1) is 16.0.